The van der Waals surface area contributed by atoms with Gasteiger partial charge in [0.2, 0.25) is 5.95 Å². The number of carbonyl (C=O) groups is 1. The first kappa shape index (κ1) is 8.00. The average Bonchev–Trinajstić information content (AvgIpc) is 2.47. The standard InChI is InChI=1S/C7H5ClN4O/c8-5-4-3(2-13)1-10-6(4)12-7(9)11-5/h1-2H,(H3,9,10,11,12). The second kappa shape index (κ2) is 2.70. The van der Waals surface area contributed by atoms with Gasteiger partial charge in [-0.1, -0.05) is 11.6 Å². The van der Waals surface area contributed by atoms with Gasteiger partial charge in [0.05, 0.1) is 5.39 Å². The summed E-state index contributed by atoms with van der Waals surface area (Å²) in [6, 6.07) is 0. The number of carbonyl (C=O) groups excluding carboxylic acids is 1. The van der Waals surface area contributed by atoms with Crippen molar-refractivity contribution >= 4 is 34.9 Å². The lowest BCUT2D eigenvalue weighted by atomic mass is 10.3. The summed E-state index contributed by atoms with van der Waals surface area (Å²) in [5.74, 6) is 0.0804. The molecule has 13 heavy (non-hydrogen) atoms. The zero-order valence-electron chi connectivity index (χ0n) is 6.41. The number of hydrogen-bond acceptors (Lipinski definition) is 4. The Morgan fingerprint density at radius 2 is 2.31 bits per heavy atom. The Morgan fingerprint density at radius 3 is 3.00 bits per heavy atom. The van der Waals surface area contributed by atoms with Crippen molar-refractivity contribution in [2.45, 2.75) is 0 Å². The molecule has 0 amide bonds. The number of anilines is 1. The topological polar surface area (TPSA) is 84.7 Å². The number of aldehydes is 1. The van der Waals surface area contributed by atoms with Crippen molar-refractivity contribution in [3.63, 3.8) is 0 Å². The fourth-order valence-corrected chi connectivity index (χ4v) is 1.41. The second-order valence-corrected chi connectivity index (χ2v) is 2.82. The fraction of sp³-hybridized carbons (Fsp3) is 0. The van der Waals surface area contributed by atoms with E-state index in [1.807, 2.05) is 0 Å². The summed E-state index contributed by atoms with van der Waals surface area (Å²) in [7, 11) is 0. The lowest BCUT2D eigenvalue weighted by Gasteiger charge is -1.95. The van der Waals surface area contributed by atoms with Gasteiger partial charge in [-0.25, -0.2) is 4.98 Å². The third-order valence-electron chi connectivity index (χ3n) is 1.66. The Kier molecular flexibility index (Phi) is 1.66. The molecule has 0 radical (unpaired) electrons. The van der Waals surface area contributed by atoms with E-state index in [-0.39, 0.29) is 11.1 Å². The van der Waals surface area contributed by atoms with E-state index in [2.05, 4.69) is 15.0 Å². The molecule has 0 unspecified atom stereocenters. The predicted octanol–water partition coefficient (Wildman–Crippen LogP) is 1.01. The normalized spacial score (nSPS) is 10.5. The number of H-pyrrole nitrogens is 1. The molecule has 2 heterocycles. The highest BCUT2D eigenvalue weighted by atomic mass is 35.5. The molecule has 3 N–H and O–H groups in total. The average molecular weight is 197 g/mol. The molecule has 66 valence electrons. The van der Waals surface area contributed by atoms with Gasteiger partial charge < -0.3 is 10.7 Å². The van der Waals surface area contributed by atoms with Crippen molar-refractivity contribution in [2.24, 2.45) is 0 Å². The summed E-state index contributed by atoms with van der Waals surface area (Å²) in [6.45, 7) is 0. The molecule has 0 aliphatic rings. The molecule has 5 nitrogen and oxygen atoms in total. The minimum absolute atomic E-state index is 0.0804. The van der Waals surface area contributed by atoms with Crippen LogP contribution in [0, 0.1) is 0 Å². The third kappa shape index (κ3) is 1.13. The van der Waals surface area contributed by atoms with Gasteiger partial charge in [0.25, 0.3) is 0 Å². The van der Waals surface area contributed by atoms with Crippen molar-refractivity contribution in [1.82, 2.24) is 15.0 Å². The highest BCUT2D eigenvalue weighted by Gasteiger charge is 2.09. The van der Waals surface area contributed by atoms with Gasteiger partial charge in [0, 0.05) is 11.8 Å². The van der Waals surface area contributed by atoms with Crippen LogP contribution in [-0.4, -0.2) is 21.2 Å². The summed E-state index contributed by atoms with van der Waals surface area (Å²) >= 11 is 5.78. The number of nitrogens with two attached hydrogens (primary N) is 1. The van der Waals surface area contributed by atoms with Gasteiger partial charge in [-0.05, 0) is 0 Å². The van der Waals surface area contributed by atoms with E-state index in [0.29, 0.717) is 22.9 Å². The van der Waals surface area contributed by atoms with Crippen LogP contribution in [0.5, 0.6) is 0 Å². The molecule has 0 saturated heterocycles. The van der Waals surface area contributed by atoms with Crippen LogP contribution in [0.1, 0.15) is 10.4 Å². The van der Waals surface area contributed by atoms with Crippen LogP contribution in [0.2, 0.25) is 5.15 Å². The summed E-state index contributed by atoms with van der Waals surface area (Å²) in [4.78, 5) is 20.9. The molecule has 2 aromatic heterocycles. The van der Waals surface area contributed by atoms with E-state index in [9.17, 15) is 4.79 Å². The van der Waals surface area contributed by atoms with E-state index in [4.69, 9.17) is 17.3 Å². The molecule has 6 heteroatoms. The zero-order chi connectivity index (χ0) is 9.42. The lowest BCUT2D eigenvalue weighted by molar-refractivity contribution is 0.112. The highest BCUT2D eigenvalue weighted by Crippen LogP contribution is 2.23. The number of hydrogen-bond donors (Lipinski definition) is 2. The van der Waals surface area contributed by atoms with Crippen LogP contribution in [-0.2, 0) is 0 Å². The van der Waals surface area contributed by atoms with Crippen molar-refractivity contribution in [3.8, 4) is 0 Å². The molecule has 0 bridgehead atoms. The van der Waals surface area contributed by atoms with Gasteiger partial charge in [0.1, 0.15) is 10.8 Å². The summed E-state index contributed by atoms with van der Waals surface area (Å²) in [6.07, 6.45) is 2.20. The Balaban J connectivity index is 2.89. The van der Waals surface area contributed by atoms with Crippen LogP contribution in [0.25, 0.3) is 11.0 Å². The SMILES string of the molecule is Nc1nc(Cl)c2c(C=O)c[nH]c2n1. The minimum Gasteiger partial charge on any atom is -0.368 e. The summed E-state index contributed by atoms with van der Waals surface area (Å²) < 4.78 is 0. The number of nitrogens with zero attached hydrogens (tertiary/aromatic N) is 2. The molecular formula is C7H5ClN4O. The van der Waals surface area contributed by atoms with Gasteiger partial charge >= 0.3 is 0 Å². The summed E-state index contributed by atoms with van der Waals surface area (Å²) in [5.41, 5.74) is 6.26. The Morgan fingerprint density at radius 1 is 1.54 bits per heavy atom. The summed E-state index contributed by atoms with van der Waals surface area (Å²) in [5, 5.41) is 0.691. The van der Waals surface area contributed by atoms with E-state index >= 15 is 0 Å². The monoisotopic (exact) mass is 196 g/mol. The number of nitrogen functional groups attached to an aromatic ring is 1. The zero-order valence-corrected chi connectivity index (χ0v) is 7.17. The Labute approximate surface area is 77.9 Å². The number of aromatic amines is 1. The van der Waals surface area contributed by atoms with E-state index in [1.54, 1.807) is 0 Å². The largest absolute Gasteiger partial charge is 0.368 e. The number of fused-ring (bicyclic) bond motifs is 1. The molecule has 0 saturated carbocycles. The molecule has 0 fully saturated rings. The number of nitrogens with one attached hydrogen (secondary N) is 1. The Hall–Kier alpha value is -1.62. The van der Waals surface area contributed by atoms with Crippen molar-refractivity contribution in [1.29, 1.82) is 0 Å². The maximum atomic E-state index is 10.6. The van der Waals surface area contributed by atoms with Crippen LogP contribution >= 0.6 is 11.6 Å². The molecular weight excluding hydrogens is 192 g/mol. The second-order valence-electron chi connectivity index (χ2n) is 2.46. The van der Waals surface area contributed by atoms with Crippen LogP contribution in [0.15, 0.2) is 6.20 Å². The van der Waals surface area contributed by atoms with Crippen LogP contribution in [0.4, 0.5) is 5.95 Å². The molecule has 2 aromatic rings. The lowest BCUT2D eigenvalue weighted by Crippen LogP contribution is -1.95. The molecule has 0 aromatic carbocycles. The minimum atomic E-state index is 0.0804. The maximum Gasteiger partial charge on any atom is 0.223 e. The smallest absolute Gasteiger partial charge is 0.223 e. The maximum absolute atomic E-state index is 10.6. The number of rotatable bonds is 1. The van der Waals surface area contributed by atoms with Crippen molar-refractivity contribution in [2.75, 3.05) is 5.73 Å². The van der Waals surface area contributed by atoms with Gasteiger partial charge in [-0.15, -0.1) is 0 Å². The predicted molar refractivity (Wildman–Crippen MR) is 48.7 cm³/mol. The van der Waals surface area contributed by atoms with E-state index < -0.39 is 0 Å². The van der Waals surface area contributed by atoms with E-state index in [0.717, 1.165) is 0 Å². The molecule has 0 spiro atoms. The van der Waals surface area contributed by atoms with Crippen molar-refractivity contribution < 1.29 is 4.79 Å². The molecule has 0 atom stereocenters. The first-order valence-corrected chi connectivity index (χ1v) is 3.85. The fourth-order valence-electron chi connectivity index (χ4n) is 1.12. The number of aromatic nitrogens is 3. The van der Waals surface area contributed by atoms with Gasteiger partial charge in [-0.3, -0.25) is 4.79 Å². The van der Waals surface area contributed by atoms with Gasteiger partial charge in [-0.2, -0.15) is 4.98 Å². The molecule has 0 aliphatic carbocycles. The first-order valence-electron chi connectivity index (χ1n) is 3.47. The van der Waals surface area contributed by atoms with Crippen LogP contribution < -0.4 is 5.73 Å². The first-order chi connectivity index (χ1) is 6.22. The molecule has 0 aliphatic heterocycles. The Bertz CT molecular complexity index is 479. The third-order valence-corrected chi connectivity index (χ3v) is 1.94. The quantitative estimate of drug-likeness (QED) is 0.527. The number of halogens is 1. The highest BCUT2D eigenvalue weighted by molar-refractivity contribution is 6.35. The van der Waals surface area contributed by atoms with E-state index in [1.165, 1.54) is 6.20 Å². The van der Waals surface area contributed by atoms with Crippen molar-refractivity contribution in [3.05, 3.63) is 16.9 Å². The van der Waals surface area contributed by atoms with Gasteiger partial charge in [0.15, 0.2) is 6.29 Å². The van der Waals surface area contributed by atoms with Crippen LogP contribution in [0.3, 0.4) is 0 Å². The molecule has 2 rings (SSSR count).